The highest BCUT2D eigenvalue weighted by Gasteiger charge is 2.48. The maximum atomic E-state index is 12.8. The van der Waals surface area contributed by atoms with Crippen LogP contribution in [0.3, 0.4) is 0 Å². The normalized spacial score (nSPS) is 23.8. The summed E-state index contributed by atoms with van der Waals surface area (Å²) >= 11 is 0. The lowest BCUT2D eigenvalue weighted by atomic mass is 9.92. The highest BCUT2D eigenvalue weighted by Crippen LogP contribution is 2.34. The van der Waals surface area contributed by atoms with E-state index in [9.17, 15) is 9.59 Å². The molecule has 6 nitrogen and oxygen atoms in total. The number of likely N-dealkylation sites (tertiary alicyclic amines) is 1. The Morgan fingerprint density at radius 1 is 1.15 bits per heavy atom. The van der Waals surface area contributed by atoms with Crippen LogP contribution in [0, 0.1) is 6.92 Å². The number of furan rings is 1. The Hall–Kier alpha value is -2.60. The topological polar surface area (TPSA) is 57.0 Å². The summed E-state index contributed by atoms with van der Waals surface area (Å²) in [5, 5.41) is 0. The molecule has 4 rings (SSSR count). The van der Waals surface area contributed by atoms with Crippen molar-refractivity contribution < 1.29 is 14.0 Å². The molecule has 2 saturated heterocycles. The zero-order valence-corrected chi connectivity index (χ0v) is 15.1. The molecule has 1 atom stereocenters. The first kappa shape index (κ1) is 16.8. The third kappa shape index (κ3) is 2.70. The smallest absolute Gasteiger partial charge is 0.257 e. The fourth-order valence-electron chi connectivity index (χ4n) is 4.05. The Morgan fingerprint density at radius 2 is 1.92 bits per heavy atom. The maximum absolute atomic E-state index is 12.8. The SMILES string of the molecule is Cc1occc1C(=O)N1CC[C@@]2(C1)CN(c1ccccc1)C(=O)CN2C. The van der Waals surface area contributed by atoms with Gasteiger partial charge in [-0.25, -0.2) is 0 Å². The fourth-order valence-corrected chi connectivity index (χ4v) is 4.05. The van der Waals surface area contributed by atoms with Crippen LogP contribution in [-0.2, 0) is 4.79 Å². The first-order chi connectivity index (χ1) is 12.5. The van der Waals surface area contributed by atoms with Gasteiger partial charge in [0.05, 0.1) is 23.9 Å². The van der Waals surface area contributed by atoms with Crippen LogP contribution < -0.4 is 4.90 Å². The molecule has 1 spiro atoms. The van der Waals surface area contributed by atoms with E-state index < -0.39 is 0 Å². The third-order valence-electron chi connectivity index (χ3n) is 5.71. The summed E-state index contributed by atoms with van der Waals surface area (Å²) in [6.07, 6.45) is 2.40. The molecule has 136 valence electrons. The largest absolute Gasteiger partial charge is 0.469 e. The highest BCUT2D eigenvalue weighted by molar-refractivity contribution is 5.97. The molecule has 1 aromatic carbocycles. The van der Waals surface area contributed by atoms with Crippen LogP contribution in [0.5, 0.6) is 0 Å². The van der Waals surface area contributed by atoms with Crippen molar-refractivity contribution in [3.05, 3.63) is 54.0 Å². The minimum absolute atomic E-state index is 0.00434. The summed E-state index contributed by atoms with van der Waals surface area (Å²) in [5.74, 6) is 0.749. The van der Waals surface area contributed by atoms with Gasteiger partial charge in [0, 0.05) is 25.3 Å². The van der Waals surface area contributed by atoms with E-state index >= 15 is 0 Å². The number of piperazine rings is 1. The molecule has 0 aliphatic carbocycles. The number of likely N-dealkylation sites (N-methyl/N-ethyl adjacent to an activating group) is 1. The zero-order chi connectivity index (χ0) is 18.3. The minimum Gasteiger partial charge on any atom is -0.469 e. The van der Waals surface area contributed by atoms with Gasteiger partial charge in [0.15, 0.2) is 0 Å². The molecule has 0 saturated carbocycles. The van der Waals surface area contributed by atoms with Crippen LogP contribution in [0.1, 0.15) is 22.5 Å². The lowest BCUT2D eigenvalue weighted by Crippen LogP contribution is -2.64. The van der Waals surface area contributed by atoms with Crippen molar-refractivity contribution in [1.82, 2.24) is 9.80 Å². The number of amides is 2. The molecule has 0 bridgehead atoms. The predicted octanol–water partition coefficient (Wildman–Crippen LogP) is 2.15. The molecule has 1 aromatic heterocycles. The molecular formula is C20H23N3O3. The van der Waals surface area contributed by atoms with Crippen LogP contribution in [0.15, 0.2) is 47.1 Å². The molecular weight excluding hydrogens is 330 g/mol. The summed E-state index contributed by atoms with van der Waals surface area (Å²) in [5.41, 5.74) is 1.33. The molecule has 0 radical (unpaired) electrons. The third-order valence-corrected chi connectivity index (χ3v) is 5.71. The summed E-state index contributed by atoms with van der Waals surface area (Å²) in [7, 11) is 1.98. The van der Waals surface area contributed by atoms with Crippen LogP contribution in [-0.4, -0.2) is 60.4 Å². The van der Waals surface area contributed by atoms with Gasteiger partial charge in [-0.2, -0.15) is 0 Å². The van der Waals surface area contributed by atoms with E-state index in [1.807, 2.05) is 54.1 Å². The van der Waals surface area contributed by atoms with Crippen molar-refractivity contribution in [1.29, 1.82) is 0 Å². The van der Waals surface area contributed by atoms with Gasteiger partial charge in [0.25, 0.3) is 5.91 Å². The monoisotopic (exact) mass is 353 g/mol. The number of aryl methyl sites for hydroxylation is 1. The molecule has 6 heteroatoms. The number of nitrogens with zero attached hydrogens (tertiary/aromatic N) is 3. The Morgan fingerprint density at radius 3 is 2.62 bits per heavy atom. The zero-order valence-electron chi connectivity index (χ0n) is 15.1. The van der Waals surface area contributed by atoms with Gasteiger partial charge in [-0.3, -0.25) is 14.5 Å². The van der Waals surface area contributed by atoms with Gasteiger partial charge >= 0.3 is 0 Å². The Bertz CT molecular complexity index is 832. The van der Waals surface area contributed by atoms with Crippen molar-refractivity contribution in [3.63, 3.8) is 0 Å². The van der Waals surface area contributed by atoms with Crippen molar-refractivity contribution in [3.8, 4) is 0 Å². The molecule has 0 unspecified atom stereocenters. The summed E-state index contributed by atoms with van der Waals surface area (Å²) in [4.78, 5) is 31.3. The average molecular weight is 353 g/mol. The quantitative estimate of drug-likeness (QED) is 0.830. The lowest BCUT2D eigenvalue weighted by molar-refractivity contribution is -0.123. The Balaban J connectivity index is 1.57. The Kier molecular flexibility index (Phi) is 4.07. The number of rotatable bonds is 2. The predicted molar refractivity (Wildman–Crippen MR) is 98.1 cm³/mol. The molecule has 0 N–H and O–H groups in total. The number of hydrogen-bond donors (Lipinski definition) is 0. The molecule has 2 aliphatic heterocycles. The Labute approximate surface area is 153 Å². The highest BCUT2D eigenvalue weighted by atomic mass is 16.3. The van der Waals surface area contributed by atoms with Gasteiger partial charge in [0.1, 0.15) is 5.76 Å². The average Bonchev–Trinajstić information content (AvgIpc) is 3.26. The number of benzene rings is 1. The van der Waals surface area contributed by atoms with Crippen molar-refractivity contribution >= 4 is 17.5 Å². The summed E-state index contributed by atoms with van der Waals surface area (Å²) < 4.78 is 5.28. The second-order valence-electron chi connectivity index (χ2n) is 7.26. The lowest BCUT2D eigenvalue weighted by Gasteiger charge is -2.46. The van der Waals surface area contributed by atoms with Crippen LogP contribution in [0.2, 0.25) is 0 Å². The number of para-hydroxylation sites is 1. The maximum Gasteiger partial charge on any atom is 0.257 e. The van der Waals surface area contributed by atoms with Gasteiger partial charge in [0.2, 0.25) is 5.91 Å². The van der Waals surface area contributed by atoms with E-state index in [-0.39, 0.29) is 17.4 Å². The number of anilines is 1. The van der Waals surface area contributed by atoms with Crippen molar-refractivity contribution in [2.75, 3.05) is 38.1 Å². The second kappa shape index (κ2) is 6.29. The molecule has 2 amide bonds. The first-order valence-corrected chi connectivity index (χ1v) is 8.90. The minimum atomic E-state index is -0.211. The van der Waals surface area contributed by atoms with E-state index in [0.717, 1.165) is 12.1 Å². The van der Waals surface area contributed by atoms with E-state index in [1.54, 1.807) is 12.3 Å². The van der Waals surface area contributed by atoms with E-state index in [0.29, 0.717) is 37.5 Å². The van der Waals surface area contributed by atoms with Crippen LogP contribution in [0.4, 0.5) is 5.69 Å². The summed E-state index contributed by atoms with van der Waals surface area (Å²) in [6, 6.07) is 11.5. The summed E-state index contributed by atoms with van der Waals surface area (Å²) in [6.45, 7) is 4.07. The van der Waals surface area contributed by atoms with Gasteiger partial charge in [-0.1, -0.05) is 18.2 Å². The van der Waals surface area contributed by atoms with E-state index in [4.69, 9.17) is 4.42 Å². The van der Waals surface area contributed by atoms with Crippen LogP contribution in [0.25, 0.3) is 0 Å². The number of carbonyl (C=O) groups is 2. The fraction of sp³-hybridized carbons (Fsp3) is 0.400. The molecule has 2 aliphatic rings. The molecule has 2 fully saturated rings. The number of hydrogen-bond acceptors (Lipinski definition) is 4. The standard InChI is InChI=1S/C20H23N3O3/c1-15-17(8-11-26-15)19(25)22-10-9-20(13-22)14-23(18(24)12-21(20)2)16-6-4-3-5-7-16/h3-8,11H,9-10,12-14H2,1-2H3/t20-/m1/s1. The molecule has 2 aromatic rings. The molecule has 26 heavy (non-hydrogen) atoms. The first-order valence-electron chi connectivity index (χ1n) is 8.90. The molecule has 3 heterocycles. The van der Waals surface area contributed by atoms with E-state index in [2.05, 4.69) is 4.90 Å². The van der Waals surface area contributed by atoms with Gasteiger partial charge in [-0.05, 0) is 38.6 Å². The number of carbonyl (C=O) groups excluding carboxylic acids is 2. The van der Waals surface area contributed by atoms with Gasteiger partial charge < -0.3 is 14.2 Å². The van der Waals surface area contributed by atoms with Gasteiger partial charge in [-0.15, -0.1) is 0 Å². The van der Waals surface area contributed by atoms with Crippen LogP contribution >= 0.6 is 0 Å². The van der Waals surface area contributed by atoms with Crippen molar-refractivity contribution in [2.45, 2.75) is 18.9 Å². The van der Waals surface area contributed by atoms with E-state index in [1.165, 1.54) is 0 Å². The second-order valence-corrected chi connectivity index (χ2v) is 7.26. The van der Waals surface area contributed by atoms with Crippen molar-refractivity contribution in [2.24, 2.45) is 0 Å².